The van der Waals surface area contributed by atoms with Crippen LogP contribution in [0.25, 0.3) is 0 Å². The summed E-state index contributed by atoms with van der Waals surface area (Å²) in [7, 11) is 0. The third-order valence-electron chi connectivity index (χ3n) is 3.31. The molecule has 0 fully saturated rings. The molecule has 1 unspecified atom stereocenters. The molecule has 0 bridgehead atoms. The van der Waals surface area contributed by atoms with Gasteiger partial charge in [-0.1, -0.05) is 13.8 Å². The number of likely N-dealkylation sites (N-methyl/N-ethyl adjacent to an activating group) is 1. The van der Waals surface area contributed by atoms with Crippen molar-refractivity contribution in [1.82, 2.24) is 30.3 Å². The van der Waals surface area contributed by atoms with Gasteiger partial charge in [-0.15, -0.1) is 0 Å². The molecule has 0 saturated carbocycles. The Morgan fingerprint density at radius 1 is 1.40 bits per heavy atom. The molecule has 0 aliphatic rings. The average Bonchev–Trinajstić information content (AvgIpc) is 3.07. The van der Waals surface area contributed by atoms with Gasteiger partial charge in [0.05, 0.1) is 21.9 Å². The zero-order valence-electron chi connectivity index (χ0n) is 12.1. The van der Waals surface area contributed by atoms with Gasteiger partial charge in [-0.25, -0.2) is 4.98 Å². The van der Waals surface area contributed by atoms with E-state index in [1.54, 1.807) is 6.33 Å². The first-order chi connectivity index (χ1) is 9.71. The van der Waals surface area contributed by atoms with E-state index in [2.05, 4.69) is 67.0 Å². The molecule has 2 rings (SSSR count). The summed E-state index contributed by atoms with van der Waals surface area (Å²) in [5.74, 6) is 0.862. The smallest absolute Gasteiger partial charge is 0.141 e. The highest BCUT2D eigenvalue weighted by atomic mass is 79.9. The highest BCUT2D eigenvalue weighted by molar-refractivity contribution is 9.10. The second kappa shape index (κ2) is 6.99. The lowest BCUT2D eigenvalue weighted by Gasteiger charge is -2.16. The summed E-state index contributed by atoms with van der Waals surface area (Å²) in [5, 5.41) is 15.0. The van der Waals surface area contributed by atoms with Crippen LogP contribution in [0.4, 0.5) is 0 Å². The Bertz CT molecular complexity index is 533. The van der Waals surface area contributed by atoms with Crippen LogP contribution in [0.15, 0.2) is 10.8 Å². The first-order valence-corrected chi connectivity index (χ1v) is 7.83. The summed E-state index contributed by atoms with van der Waals surface area (Å²) in [6, 6.07) is 0.116. The molecule has 0 saturated heterocycles. The molecule has 1 atom stereocenters. The quantitative estimate of drug-likeness (QED) is 0.810. The Kier molecular flexibility index (Phi) is 5.31. The van der Waals surface area contributed by atoms with Gasteiger partial charge in [0.25, 0.3) is 0 Å². The Hall–Kier alpha value is -1.21. The normalized spacial score (nSPS) is 12.8. The fourth-order valence-electron chi connectivity index (χ4n) is 2.30. The summed E-state index contributed by atoms with van der Waals surface area (Å²) in [4.78, 5) is 4.27. The average molecular weight is 341 g/mol. The highest BCUT2D eigenvalue weighted by Crippen LogP contribution is 2.26. The minimum absolute atomic E-state index is 0.116. The van der Waals surface area contributed by atoms with Gasteiger partial charge in [-0.3, -0.25) is 9.78 Å². The van der Waals surface area contributed by atoms with E-state index in [4.69, 9.17) is 0 Å². The van der Waals surface area contributed by atoms with Crippen LogP contribution in [0.3, 0.4) is 0 Å². The van der Waals surface area contributed by atoms with Crippen LogP contribution in [-0.4, -0.2) is 31.5 Å². The molecule has 7 heteroatoms. The number of H-pyrrole nitrogens is 1. The van der Waals surface area contributed by atoms with E-state index < -0.39 is 0 Å². The fraction of sp³-hybridized carbons (Fsp3) is 0.615. The summed E-state index contributed by atoms with van der Waals surface area (Å²) < 4.78 is 3.17. The number of hydrogen-bond donors (Lipinski definition) is 2. The van der Waals surface area contributed by atoms with E-state index in [9.17, 15) is 0 Å². The van der Waals surface area contributed by atoms with E-state index in [1.807, 2.05) is 0 Å². The van der Waals surface area contributed by atoms with E-state index in [0.29, 0.717) is 0 Å². The maximum Gasteiger partial charge on any atom is 0.141 e. The Morgan fingerprint density at radius 3 is 2.75 bits per heavy atom. The molecule has 2 aromatic rings. The summed E-state index contributed by atoms with van der Waals surface area (Å²) in [6.45, 7) is 8.06. The minimum atomic E-state index is 0.116. The van der Waals surface area contributed by atoms with Crippen molar-refractivity contribution in [2.24, 2.45) is 0 Å². The number of hydrogen-bond acceptors (Lipinski definition) is 4. The second-order valence-electron chi connectivity index (χ2n) is 4.56. The van der Waals surface area contributed by atoms with Gasteiger partial charge in [0.2, 0.25) is 0 Å². The summed E-state index contributed by atoms with van der Waals surface area (Å²) in [5.41, 5.74) is 2.31. The predicted octanol–water partition coefficient (Wildman–Crippen LogP) is 2.24. The molecule has 110 valence electrons. The minimum Gasteiger partial charge on any atom is -0.307 e. The van der Waals surface area contributed by atoms with Gasteiger partial charge < -0.3 is 5.32 Å². The van der Waals surface area contributed by atoms with Crippen LogP contribution in [0.1, 0.15) is 44.0 Å². The fourth-order valence-corrected chi connectivity index (χ4v) is 3.03. The van der Waals surface area contributed by atoms with Crippen molar-refractivity contribution in [3.05, 3.63) is 28.0 Å². The molecular formula is C13H21BrN6. The van der Waals surface area contributed by atoms with Gasteiger partial charge >= 0.3 is 0 Å². The van der Waals surface area contributed by atoms with E-state index in [0.717, 1.165) is 41.9 Å². The third-order valence-corrected chi connectivity index (χ3v) is 4.22. The van der Waals surface area contributed by atoms with Crippen LogP contribution >= 0.6 is 15.9 Å². The van der Waals surface area contributed by atoms with Crippen molar-refractivity contribution >= 4 is 15.9 Å². The van der Waals surface area contributed by atoms with Crippen LogP contribution < -0.4 is 5.32 Å². The number of nitrogens with one attached hydrogen (secondary N) is 2. The molecule has 0 radical (unpaired) electrons. The largest absolute Gasteiger partial charge is 0.307 e. The van der Waals surface area contributed by atoms with E-state index >= 15 is 0 Å². The van der Waals surface area contributed by atoms with Crippen molar-refractivity contribution in [2.45, 2.75) is 46.2 Å². The van der Waals surface area contributed by atoms with E-state index in [1.165, 1.54) is 5.69 Å². The number of nitrogens with zero attached hydrogens (tertiary/aromatic N) is 4. The molecule has 2 aromatic heterocycles. The van der Waals surface area contributed by atoms with Crippen LogP contribution in [0.5, 0.6) is 0 Å². The van der Waals surface area contributed by atoms with Crippen molar-refractivity contribution in [3.8, 4) is 0 Å². The lowest BCUT2D eigenvalue weighted by atomic mass is 10.1. The van der Waals surface area contributed by atoms with Crippen LogP contribution in [0.2, 0.25) is 0 Å². The number of aromatic amines is 1. The predicted molar refractivity (Wildman–Crippen MR) is 81.5 cm³/mol. The Labute approximate surface area is 127 Å². The molecule has 0 spiro atoms. The monoisotopic (exact) mass is 340 g/mol. The van der Waals surface area contributed by atoms with Crippen LogP contribution in [-0.2, 0) is 19.4 Å². The van der Waals surface area contributed by atoms with Crippen molar-refractivity contribution in [2.75, 3.05) is 6.54 Å². The molecule has 2 heterocycles. The molecule has 0 aliphatic carbocycles. The SMILES string of the molecule is CCNC(Cc1c(Br)c(CC)nn1CC)c1ncn[nH]1. The van der Waals surface area contributed by atoms with Gasteiger partial charge in [0, 0.05) is 13.0 Å². The first-order valence-electron chi connectivity index (χ1n) is 7.03. The van der Waals surface area contributed by atoms with E-state index in [-0.39, 0.29) is 6.04 Å². The van der Waals surface area contributed by atoms with Gasteiger partial charge in [-0.2, -0.15) is 10.2 Å². The number of rotatable bonds is 7. The lowest BCUT2D eigenvalue weighted by molar-refractivity contribution is 0.495. The second-order valence-corrected chi connectivity index (χ2v) is 5.35. The van der Waals surface area contributed by atoms with Crippen molar-refractivity contribution in [3.63, 3.8) is 0 Å². The number of aromatic nitrogens is 5. The van der Waals surface area contributed by atoms with Gasteiger partial charge in [-0.05, 0) is 35.8 Å². The molecule has 20 heavy (non-hydrogen) atoms. The standard InChI is InChI=1S/C13H21BrN6/c1-4-9-12(14)11(20(6-3)19-9)7-10(15-5-2)13-16-8-17-18-13/h8,10,15H,4-7H2,1-3H3,(H,16,17,18). The lowest BCUT2D eigenvalue weighted by Crippen LogP contribution is -2.25. The molecule has 0 amide bonds. The van der Waals surface area contributed by atoms with Crippen molar-refractivity contribution < 1.29 is 0 Å². The highest BCUT2D eigenvalue weighted by Gasteiger charge is 2.20. The summed E-state index contributed by atoms with van der Waals surface area (Å²) in [6.07, 6.45) is 3.29. The van der Waals surface area contributed by atoms with Gasteiger partial charge in [0.1, 0.15) is 12.2 Å². The molecule has 6 nitrogen and oxygen atoms in total. The number of aryl methyl sites for hydroxylation is 2. The first kappa shape index (κ1) is 15.2. The maximum atomic E-state index is 4.64. The topological polar surface area (TPSA) is 71.4 Å². The molecule has 0 aromatic carbocycles. The zero-order valence-corrected chi connectivity index (χ0v) is 13.7. The number of halogens is 1. The van der Waals surface area contributed by atoms with Crippen LogP contribution in [0, 0.1) is 0 Å². The summed E-state index contributed by atoms with van der Waals surface area (Å²) >= 11 is 3.69. The molecule has 2 N–H and O–H groups in total. The molecule has 0 aliphatic heterocycles. The van der Waals surface area contributed by atoms with Gasteiger partial charge in [0.15, 0.2) is 0 Å². The van der Waals surface area contributed by atoms with Crippen molar-refractivity contribution in [1.29, 1.82) is 0 Å². The third kappa shape index (κ3) is 3.09. The zero-order chi connectivity index (χ0) is 14.5. The Morgan fingerprint density at radius 2 is 2.20 bits per heavy atom. The maximum absolute atomic E-state index is 4.64. The Balaban J connectivity index is 2.28. The molecular weight excluding hydrogens is 320 g/mol.